The molecule has 1 aromatic carbocycles. The van der Waals surface area contributed by atoms with E-state index < -0.39 is 0 Å². The topological polar surface area (TPSA) is 39.3 Å². The lowest BCUT2D eigenvalue weighted by atomic mass is 10.1. The van der Waals surface area contributed by atoms with Crippen LogP contribution in [0, 0.1) is 0 Å². The first-order valence-electron chi connectivity index (χ1n) is 9.88. The van der Waals surface area contributed by atoms with Crippen LogP contribution in [0.3, 0.4) is 0 Å². The van der Waals surface area contributed by atoms with E-state index in [2.05, 4.69) is 45.2 Å². The summed E-state index contributed by atoms with van der Waals surface area (Å²) in [5.74, 6) is 0.363. The monoisotopic (exact) mass is 339 g/mol. The van der Waals surface area contributed by atoms with Crippen LogP contribution in [0.2, 0.25) is 0 Å². The largest absolute Gasteiger partial charge is 0.361 e. The number of rotatable bonds is 6. The van der Waals surface area contributed by atoms with Gasteiger partial charge in [-0.1, -0.05) is 18.2 Å². The molecule has 1 amide bonds. The summed E-state index contributed by atoms with van der Waals surface area (Å²) in [6.45, 7) is 4.50. The molecule has 0 unspecified atom stereocenters. The van der Waals surface area contributed by atoms with Crippen LogP contribution >= 0.6 is 0 Å². The van der Waals surface area contributed by atoms with E-state index in [9.17, 15) is 4.79 Å². The first-order valence-corrected chi connectivity index (χ1v) is 9.88. The molecule has 2 aliphatic rings. The lowest BCUT2D eigenvalue weighted by Crippen LogP contribution is -2.42. The summed E-state index contributed by atoms with van der Waals surface area (Å²) in [5, 5.41) is 1.29. The number of fused-ring (bicyclic) bond motifs is 1. The molecule has 4 nitrogen and oxygen atoms in total. The minimum Gasteiger partial charge on any atom is -0.361 e. The Bertz CT molecular complexity index is 717. The first kappa shape index (κ1) is 16.6. The van der Waals surface area contributed by atoms with Crippen molar-refractivity contribution >= 4 is 16.8 Å². The molecule has 2 saturated heterocycles. The van der Waals surface area contributed by atoms with Gasteiger partial charge in [0.05, 0.1) is 0 Å². The molecule has 25 heavy (non-hydrogen) atoms. The van der Waals surface area contributed by atoms with E-state index in [1.807, 2.05) is 0 Å². The van der Waals surface area contributed by atoms with Gasteiger partial charge in [0.15, 0.2) is 0 Å². The minimum atomic E-state index is 0.363. The quantitative estimate of drug-likeness (QED) is 0.874. The van der Waals surface area contributed by atoms with Crippen LogP contribution in [0.25, 0.3) is 10.9 Å². The van der Waals surface area contributed by atoms with Crippen molar-refractivity contribution in [2.45, 2.75) is 51.0 Å². The number of carbonyl (C=O) groups is 1. The van der Waals surface area contributed by atoms with Crippen molar-refractivity contribution in [3.8, 4) is 0 Å². The van der Waals surface area contributed by atoms with E-state index in [1.165, 1.54) is 55.2 Å². The Kier molecular flexibility index (Phi) is 5.07. The Labute approximate surface area is 150 Å². The number of likely N-dealkylation sites (tertiary alicyclic amines) is 2. The van der Waals surface area contributed by atoms with Crippen molar-refractivity contribution in [1.29, 1.82) is 0 Å². The van der Waals surface area contributed by atoms with Crippen molar-refractivity contribution in [3.63, 3.8) is 0 Å². The van der Waals surface area contributed by atoms with Gasteiger partial charge in [0, 0.05) is 42.7 Å². The number of aromatic nitrogens is 1. The van der Waals surface area contributed by atoms with Gasteiger partial charge in [0.1, 0.15) is 0 Å². The van der Waals surface area contributed by atoms with Gasteiger partial charge in [-0.15, -0.1) is 0 Å². The molecule has 0 aliphatic carbocycles. The van der Waals surface area contributed by atoms with Gasteiger partial charge in [-0.3, -0.25) is 4.79 Å². The zero-order valence-electron chi connectivity index (χ0n) is 15.0. The number of aryl methyl sites for hydroxylation is 1. The Hall–Kier alpha value is -1.81. The number of aromatic amines is 1. The zero-order valence-corrected chi connectivity index (χ0v) is 15.0. The predicted octanol–water partition coefficient (Wildman–Crippen LogP) is 3.58. The second-order valence-corrected chi connectivity index (χ2v) is 7.60. The fourth-order valence-electron chi connectivity index (χ4n) is 4.53. The average Bonchev–Trinajstić information content (AvgIpc) is 3.36. The first-order chi connectivity index (χ1) is 12.3. The fraction of sp³-hybridized carbons (Fsp3) is 0.571. The maximum atomic E-state index is 12.7. The fourth-order valence-corrected chi connectivity index (χ4v) is 4.53. The SMILES string of the molecule is O=C(CCCc1c[nH]c2ccccc12)N1CCC[C@@H]1CN1CCCC1. The number of nitrogens with zero attached hydrogens (tertiary/aromatic N) is 2. The van der Waals surface area contributed by atoms with Crippen molar-refractivity contribution in [2.75, 3.05) is 26.2 Å². The highest BCUT2D eigenvalue weighted by Crippen LogP contribution is 2.23. The summed E-state index contributed by atoms with van der Waals surface area (Å²) in [5.41, 5.74) is 2.52. The number of carbonyl (C=O) groups excluding carboxylic acids is 1. The smallest absolute Gasteiger partial charge is 0.222 e. The number of nitrogens with one attached hydrogen (secondary N) is 1. The summed E-state index contributed by atoms with van der Waals surface area (Å²) in [6, 6.07) is 8.86. The summed E-state index contributed by atoms with van der Waals surface area (Å²) in [7, 11) is 0. The second kappa shape index (κ2) is 7.61. The molecule has 3 heterocycles. The van der Waals surface area contributed by atoms with Gasteiger partial charge in [0.2, 0.25) is 5.91 Å². The molecule has 0 saturated carbocycles. The van der Waals surface area contributed by atoms with Crippen molar-refractivity contribution in [1.82, 2.24) is 14.8 Å². The Morgan fingerprint density at radius 1 is 1.12 bits per heavy atom. The molecular weight excluding hydrogens is 310 g/mol. The summed E-state index contributed by atoms with van der Waals surface area (Å²) < 4.78 is 0. The Balaban J connectivity index is 1.29. The van der Waals surface area contributed by atoms with Crippen LogP contribution in [-0.2, 0) is 11.2 Å². The number of para-hydroxylation sites is 1. The molecule has 2 aromatic rings. The highest BCUT2D eigenvalue weighted by molar-refractivity contribution is 5.83. The van der Waals surface area contributed by atoms with E-state index >= 15 is 0 Å². The lowest BCUT2D eigenvalue weighted by molar-refractivity contribution is -0.132. The predicted molar refractivity (Wildman–Crippen MR) is 102 cm³/mol. The molecule has 1 aromatic heterocycles. The molecule has 0 bridgehead atoms. The maximum absolute atomic E-state index is 12.7. The number of hydrogen-bond acceptors (Lipinski definition) is 2. The lowest BCUT2D eigenvalue weighted by Gasteiger charge is -2.28. The van der Waals surface area contributed by atoms with Crippen molar-refractivity contribution in [3.05, 3.63) is 36.0 Å². The average molecular weight is 339 g/mol. The standard InChI is InChI=1S/C21H29N3O/c25-21(24-14-6-8-18(24)16-23-12-3-4-13-23)11-5-7-17-15-22-20-10-2-1-9-19(17)20/h1-2,9-10,15,18,22H,3-8,11-14,16H2/t18-/m1/s1. The Morgan fingerprint density at radius 3 is 2.84 bits per heavy atom. The number of benzene rings is 1. The van der Waals surface area contributed by atoms with E-state index in [1.54, 1.807) is 0 Å². The van der Waals surface area contributed by atoms with Crippen LogP contribution in [0.1, 0.15) is 44.1 Å². The summed E-state index contributed by atoms with van der Waals surface area (Å²) in [4.78, 5) is 20.8. The van der Waals surface area contributed by atoms with Gasteiger partial charge < -0.3 is 14.8 Å². The molecule has 2 fully saturated rings. The van der Waals surface area contributed by atoms with E-state index in [-0.39, 0.29) is 0 Å². The summed E-state index contributed by atoms with van der Waals surface area (Å²) >= 11 is 0. The van der Waals surface area contributed by atoms with E-state index in [4.69, 9.17) is 0 Å². The Morgan fingerprint density at radius 2 is 1.96 bits per heavy atom. The van der Waals surface area contributed by atoms with Gasteiger partial charge >= 0.3 is 0 Å². The molecule has 134 valence electrons. The van der Waals surface area contributed by atoms with Gasteiger partial charge in [-0.25, -0.2) is 0 Å². The van der Waals surface area contributed by atoms with Crippen molar-refractivity contribution < 1.29 is 4.79 Å². The van der Waals surface area contributed by atoms with Crippen LogP contribution in [0.4, 0.5) is 0 Å². The van der Waals surface area contributed by atoms with Gasteiger partial charge in [0.25, 0.3) is 0 Å². The molecule has 0 radical (unpaired) electrons. The molecule has 4 rings (SSSR count). The number of hydrogen-bond donors (Lipinski definition) is 1. The summed E-state index contributed by atoms with van der Waals surface area (Å²) in [6.07, 6.45) is 9.69. The molecule has 1 atom stereocenters. The third kappa shape index (κ3) is 3.74. The van der Waals surface area contributed by atoms with Crippen LogP contribution in [-0.4, -0.2) is 52.9 Å². The van der Waals surface area contributed by atoms with E-state index in [0.29, 0.717) is 18.4 Å². The van der Waals surface area contributed by atoms with Gasteiger partial charge in [-0.2, -0.15) is 0 Å². The highest BCUT2D eigenvalue weighted by Gasteiger charge is 2.30. The maximum Gasteiger partial charge on any atom is 0.222 e. The molecule has 0 spiro atoms. The highest BCUT2D eigenvalue weighted by atomic mass is 16.2. The number of H-pyrrole nitrogens is 1. The normalized spacial score (nSPS) is 21.4. The molecule has 2 aliphatic heterocycles. The zero-order chi connectivity index (χ0) is 17.1. The third-order valence-electron chi connectivity index (χ3n) is 5.88. The van der Waals surface area contributed by atoms with Crippen LogP contribution < -0.4 is 0 Å². The minimum absolute atomic E-state index is 0.363. The molecular formula is C21H29N3O. The van der Waals surface area contributed by atoms with Crippen LogP contribution in [0.15, 0.2) is 30.5 Å². The molecule has 4 heteroatoms. The van der Waals surface area contributed by atoms with Crippen LogP contribution in [0.5, 0.6) is 0 Å². The third-order valence-corrected chi connectivity index (χ3v) is 5.88. The van der Waals surface area contributed by atoms with Gasteiger partial charge in [-0.05, 0) is 63.2 Å². The number of amides is 1. The van der Waals surface area contributed by atoms with Crippen molar-refractivity contribution in [2.24, 2.45) is 0 Å². The second-order valence-electron chi connectivity index (χ2n) is 7.60. The molecule has 1 N–H and O–H groups in total. The van der Waals surface area contributed by atoms with E-state index in [0.717, 1.165) is 25.9 Å².